The van der Waals surface area contributed by atoms with Gasteiger partial charge in [0.1, 0.15) is 23.4 Å². The highest BCUT2D eigenvalue weighted by atomic mass is 35.5. The fraction of sp³-hybridized carbons (Fsp3) is 0. The number of pyridine rings is 2. The molecule has 154 valence electrons. The topological polar surface area (TPSA) is 60.9 Å². The molecule has 8 heteroatoms. The number of rotatable bonds is 3. The molecule has 0 aliphatic rings. The molecule has 0 N–H and O–H groups in total. The quantitative estimate of drug-likeness (QED) is 0.322. The molecule has 2 aromatic carbocycles. The average Bonchev–Trinajstić information content (AvgIpc) is 3.44. The molecule has 0 aliphatic heterocycles. The van der Waals surface area contributed by atoms with Crippen LogP contribution in [0.15, 0.2) is 85.5 Å². The first-order valence-electron chi connectivity index (χ1n) is 9.87. The van der Waals surface area contributed by atoms with Crippen LogP contribution in [0.1, 0.15) is 0 Å². The molecule has 0 atom stereocenters. The Hall–Kier alpha value is -3.74. The summed E-state index contributed by atoms with van der Waals surface area (Å²) in [5.74, 6) is 0.637. The van der Waals surface area contributed by atoms with Crippen LogP contribution in [0.5, 0.6) is 0 Å². The highest BCUT2D eigenvalue weighted by Gasteiger charge is 2.23. The van der Waals surface area contributed by atoms with Crippen molar-refractivity contribution < 1.29 is 0 Å². The molecule has 32 heavy (non-hydrogen) atoms. The zero-order chi connectivity index (χ0) is 21.7. The Balaban J connectivity index is 1.63. The molecule has 0 amide bonds. The van der Waals surface area contributed by atoms with Crippen molar-refractivity contribution in [3.05, 3.63) is 95.5 Å². The predicted octanol–water partition coefficient (Wildman–Crippen LogP) is 6.10. The molecule has 0 saturated heterocycles. The number of imidazole rings is 1. The van der Waals surface area contributed by atoms with Crippen molar-refractivity contribution in [1.82, 2.24) is 29.1 Å². The van der Waals surface area contributed by atoms with E-state index in [1.807, 2.05) is 63.7 Å². The van der Waals surface area contributed by atoms with E-state index in [0.717, 1.165) is 33.5 Å². The van der Waals surface area contributed by atoms with Gasteiger partial charge in [-0.1, -0.05) is 35.3 Å². The lowest BCUT2D eigenvalue weighted by molar-refractivity contribution is 1.04. The van der Waals surface area contributed by atoms with Crippen molar-refractivity contribution in [2.45, 2.75) is 0 Å². The second-order valence-corrected chi connectivity index (χ2v) is 8.11. The summed E-state index contributed by atoms with van der Waals surface area (Å²) in [7, 11) is 0. The molecule has 4 heterocycles. The molecular weight excluding hydrogens is 443 g/mol. The maximum absolute atomic E-state index is 6.56. The Bertz CT molecular complexity index is 1620. The lowest BCUT2D eigenvalue weighted by Gasteiger charge is -2.10. The molecule has 0 bridgehead atoms. The number of nitrogens with zero attached hydrogens (tertiary/aromatic N) is 6. The van der Waals surface area contributed by atoms with E-state index in [1.165, 1.54) is 0 Å². The largest absolute Gasteiger partial charge is 0.296 e. The number of fused-ring (bicyclic) bond motifs is 2. The van der Waals surface area contributed by atoms with Gasteiger partial charge in [-0.15, -0.1) is 10.2 Å². The second kappa shape index (κ2) is 7.44. The van der Waals surface area contributed by atoms with Gasteiger partial charge in [0, 0.05) is 34.1 Å². The van der Waals surface area contributed by atoms with Crippen LogP contribution in [-0.4, -0.2) is 29.1 Å². The van der Waals surface area contributed by atoms with Crippen LogP contribution >= 0.6 is 23.2 Å². The Morgan fingerprint density at radius 3 is 2.75 bits per heavy atom. The van der Waals surface area contributed by atoms with E-state index >= 15 is 0 Å². The van der Waals surface area contributed by atoms with Gasteiger partial charge in [-0.2, -0.15) is 0 Å². The first-order valence-corrected chi connectivity index (χ1v) is 10.6. The third-order valence-corrected chi connectivity index (χ3v) is 5.90. The van der Waals surface area contributed by atoms with Crippen LogP contribution in [0.25, 0.3) is 45.0 Å². The van der Waals surface area contributed by atoms with E-state index in [1.54, 1.807) is 24.7 Å². The van der Waals surface area contributed by atoms with E-state index in [0.29, 0.717) is 21.6 Å². The van der Waals surface area contributed by atoms with Crippen LogP contribution in [0.2, 0.25) is 10.0 Å². The van der Waals surface area contributed by atoms with Gasteiger partial charge in [0.25, 0.3) is 0 Å². The summed E-state index contributed by atoms with van der Waals surface area (Å²) in [4.78, 5) is 9.26. The second-order valence-electron chi connectivity index (χ2n) is 7.27. The van der Waals surface area contributed by atoms with E-state index in [4.69, 9.17) is 28.2 Å². The lowest BCUT2D eigenvalue weighted by atomic mass is 10.1. The summed E-state index contributed by atoms with van der Waals surface area (Å²) >= 11 is 12.8. The molecular formula is C24H14Cl2N6. The summed E-state index contributed by atoms with van der Waals surface area (Å²) in [6.45, 7) is 0. The van der Waals surface area contributed by atoms with Gasteiger partial charge in [-0.3, -0.25) is 14.0 Å². The van der Waals surface area contributed by atoms with Crippen molar-refractivity contribution in [3.8, 4) is 28.5 Å². The molecule has 0 saturated carbocycles. The third kappa shape index (κ3) is 3.04. The van der Waals surface area contributed by atoms with Crippen molar-refractivity contribution in [2.24, 2.45) is 0 Å². The van der Waals surface area contributed by atoms with Crippen molar-refractivity contribution in [1.29, 1.82) is 0 Å². The maximum Gasteiger partial charge on any atom is 0.187 e. The first kappa shape index (κ1) is 19.0. The molecule has 0 aliphatic carbocycles. The number of halogens is 2. The van der Waals surface area contributed by atoms with Crippen molar-refractivity contribution >= 4 is 39.8 Å². The van der Waals surface area contributed by atoms with Crippen LogP contribution in [0, 0.1) is 0 Å². The Labute approximate surface area is 192 Å². The fourth-order valence-electron chi connectivity index (χ4n) is 3.87. The molecule has 0 unspecified atom stereocenters. The summed E-state index contributed by atoms with van der Waals surface area (Å²) in [6, 6.07) is 21.2. The minimum absolute atomic E-state index is 0.557. The molecule has 0 radical (unpaired) electrons. The van der Waals surface area contributed by atoms with Gasteiger partial charge < -0.3 is 0 Å². The fourth-order valence-corrected chi connectivity index (χ4v) is 4.25. The number of aromatic nitrogens is 6. The van der Waals surface area contributed by atoms with Crippen LogP contribution in [0.3, 0.4) is 0 Å². The van der Waals surface area contributed by atoms with Crippen LogP contribution < -0.4 is 0 Å². The SMILES string of the molecule is Clc1ccc(Cl)c(-c2nc3ccccn3c2-c2nncn2-c2ccc3ncccc3c2)c1. The molecule has 0 spiro atoms. The van der Waals surface area contributed by atoms with Crippen molar-refractivity contribution in [2.75, 3.05) is 0 Å². The zero-order valence-electron chi connectivity index (χ0n) is 16.5. The van der Waals surface area contributed by atoms with Gasteiger partial charge >= 0.3 is 0 Å². The first-order chi connectivity index (χ1) is 15.7. The molecule has 6 aromatic rings. The van der Waals surface area contributed by atoms with E-state index in [2.05, 4.69) is 21.2 Å². The Morgan fingerprint density at radius 1 is 0.875 bits per heavy atom. The molecule has 6 rings (SSSR count). The van der Waals surface area contributed by atoms with Gasteiger partial charge in [-0.05, 0) is 54.6 Å². The van der Waals surface area contributed by atoms with Crippen LogP contribution in [0.4, 0.5) is 0 Å². The van der Waals surface area contributed by atoms with Gasteiger partial charge in [0.15, 0.2) is 5.82 Å². The number of hydrogen-bond acceptors (Lipinski definition) is 4. The number of hydrogen-bond donors (Lipinski definition) is 0. The van der Waals surface area contributed by atoms with E-state index in [9.17, 15) is 0 Å². The molecule has 0 fully saturated rings. The standard InChI is InChI=1S/C24H14Cl2N6/c25-16-6-8-19(26)18(13-16)22-23(31-11-2-1-5-21(31)29-22)24-30-28-14-32(24)17-7-9-20-15(12-17)4-3-10-27-20/h1-14H. The zero-order valence-corrected chi connectivity index (χ0v) is 18.0. The minimum atomic E-state index is 0.557. The Morgan fingerprint density at radius 2 is 1.81 bits per heavy atom. The lowest BCUT2D eigenvalue weighted by Crippen LogP contribution is -2.00. The third-order valence-electron chi connectivity index (χ3n) is 5.34. The van der Waals surface area contributed by atoms with E-state index < -0.39 is 0 Å². The predicted molar refractivity (Wildman–Crippen MR) is 126 cm³/mol. The minimum Gasteiger partial charge on any atom is -0.296 e. The highest BCUT2D eigenvalue weighted by molar-refractivity contribution is 6.35. The van der Waals surface area contributed by atoms with Crippen molar-refractivity contribution in [3.63, 3.8) is 0 Å². The monoisotopic (exact) mass is 456 g/mol. The molecule has 4 aromatic heterocycles. The summed E-state index contributed by atoms with van der Waals surface area (Å²) in [5.41, 5.74) is 4.79. The van der Waals surface area contributed by atoms with Gasteiger partial charge in [0.05, 0.1) is 10.5 Å². The molecule has 6 nitrogen and oxygen atoms in total. The highest BCUT2D eigenvalue weighted by Crippen LogP contribution is 2.37. The van der Waals surface area contributed by atoms with Crippen LogP contribution in [-0.2, 0) is 0 Å². The maximum atomic E-state index is 6.56. The van der Waals surface area contributed by atoms with E-state index in [-0.39, 0.29) is 0 Å². The average molecular weight is 457 g/mol. The number of benzene rings is 2. The van der Waals surface area contributed by atoms with Gasteiger partial charge in [0.2, 0.25) is 0 Å². The smallest absolute Gasteiger partial charge is 0.187 e. The summed E-state index contributed by atoms with van der Waals surface area (Å²) in [6.07, 6.45) is 5.42. The normalized spacial score (nSPS) is 11.4. The Kier molecular flexibility index (Phi) is 4.41. The summed E-state index contributed by atoms with van der Waals surface area (Å²) in [5, 5.41) is 10.8. The summed E-state index contributed by atoms with van der Waals surface area (Å²) < 4.78 is 3.92. The van der Waals surface area contributed by atoms with Gasteiger partial charge in [-0.25, -0.2) is 4.98 Å².